The van der Waals surface area contributed by atoms with Crippen molar-refractivity contribution in [3.05, 3.63) is 0 Å². The van der Waals surface area contributed by atoms with Crippen LogP contribution in [0.5, 0.6) is 0 Å². The van der Waals surface area contributed by atoms with E-state index < -0.39 is 55.6 Å². The quantitative estimate of drug-likeness (QED) is 0.0295. The molecule has 8 unspecified atom stereocenters. The highest BCUT2D eigenvalue weighted by Gasteiger charge is 2.44. The maximum absolute atomic E-state index is 9.57. The highest BCUT2D eigenvalue weighted by molar-refractivity contribution is 5.94. The second-order valence-electron chi connectivity index (χ2n) is 16.5. The van der Waals surface area contributed by atoms with Gasteiger partial charge in [0, 0.05) is 19.1 Å². The number of nitrogens with two attached hydrogens (primary N) is 6. The predicted octanol–water partition coefficient (Wildman–Crippen LogP) is -9.24. The van der Waals surface area contributed by atoms with Gasteiger partial charge in [-0.15, -0.1) is 0 Å². The lowest BCUT2D eigenvalue weighted by Gasteiger charge is -2.36. The molecule has 0 aromatic rings. The Morgan fingerprint density at radius 3 is 1.53 bits per heavy atom. The van der Waals surface area contributed by atoms with Crippen LogP contribution < -0.4 is 67.6 Å². The van der Waals surface area contributed by atoms with Crippen LogP contribution in [-0.4, -0.2) is 184 Å². The summed E-state index contributed by atoms with van der Waals surface area (Å²) in [6.07, 6.45) is 2.32. The number of ether oxygens (including phenoxy) is 1. The molecule has 1 fully saturated rings. The predicted molar refractivity (Wildman–Crippen MR) is 259 cm³/mol. The average Bonchev–Trinajstić information content (AvgIpc) is 3.26. The van der Waals surface area contributed by atoms with Crippen molar-refractivity contribution in [2.75, 3.05) is 40.8 Å². The lowest BCUT2D eigenvalue weighted by atomic mass is 9.93. The number of guanidine groups is 3. The Labute approximate surface area is 406 Å². The van der Waals surface area contributed by atoms with E-state index in [-0.39, 0.29) is 30.2 Å². The Kier molecular flexibility index (Phi) is 68.7. The first kappa shape index (κ1) is 81.2. The van der Waals surface area contributed by atoms with Crippen LogP contribution in [0.15, 0.2) is 4.99 Å². The average molecular weight is 999 g/mol. The number of aliphatic hydroxyl groups excluding tert-OH is 7. The number of unbranched alkanes of at least 4 members (excludes halogenated alkanes) is 1. The normalized spacial score (nSPS) is 19.6. The molecule has 0 saturated carbocycles. The fourth-order valence-corrected chi connectivity index (χ4v) is 4.02. The van der Waals surface area contributed by atoms with Crippen molar-refractivity contribution in [2.24, 2.45) is 45.3 Å². The number of hydrogen-bond donors (Lipinski definition) is 19. The molecule has 0 bridgehead atoms. The number of rotatable bonds is 16. The summed E-state index contributed by atoms with van der Waals surface area (Å²) in [6.45, 7) is 19.6. The molecule has 0 amide bonds. The van der Waals surface area contributed by atoms with Crippen molar-refractivity contribution in [3.8, 4) is 0 Å². The number of nitrogens with one attached hydrogen (secondary N) is 2. The van der Waals surface area contributed by atoms with E-state index in [2.05, 4.69) is 65.9 Å². The number of hydrogen-bond acceptors (Lipinski definition) is 15. The first-order chi connectivity index (χ1) is 31.4. The summed E-state index contributed by atoms with van der Waals surface area (Å²) in [5, 5.41) is 67.4. The van der Waals surface area contributed by atoms with Crippen LogP contribution in [0.1, 0.15) is 120 Å². The smallest absolute Gasteiger partial charge is 0.373 e. The van der Waals surface area contributed by atoms with Crippen molar-refractivity contribution in [1.82, 2.24) is 5.32 Å². The number of aliphatic hydroxyl groups is 7. The van der Waals surface area contributed by atoms with Gasteiger partial charge in [-0.2, -0.15) is 19.2 Å². The summed E-state index contributed by atoms with van der Waals surface area (Å²) in [7, 11) is 5.21. The molecule has 1 saturated heterocycles. The summed E-state index contributed by atoms with van der Waals surface area (Å²) in [5.74, 6) is 1.10. The second-order valence-corrected chi connectivity index (χ2v) is 16.5. The van der Waals surface area contributed by atoms with Gasteiger partial charge in [-0.05, 0) is 85.5 Å². The maximum atomic E-state index is 9.57. The SMILES string of the molecule is CC(C)[NH3+].CC(N)CCCC[NH3+].CC(N)CCC[NH+]=C(N)N.CCC(C)[NH3+].CCC[C@H](O)[C@@H](O)[C@H](O)[C@H](C)CC.CN=C(N)NC(N)=[N+](C)C.O=C=O.O=C=O.[NH3+]C1C(O)OC(CO)C(O)C1O. The number of nitrogens with zero attached hydrogens (tertiary/aromatic N) is 2. The molecule has 0 radical (unpaired) electrons. The highest BCUT2D eigenvalue weighted by atomic mass is 16.6. The van der Waals surface area contributed by atoms with E-state index in [1.807, 2.05) is 48.7 Å². The zero-order valence-corrected chi connectivity index (χ0v) is 43.8. The minimum Gasteiger partial charge on any atom is -0.394 e. The minimum absolute atomic E-state index is 0.0292. The van der Waals surface area contributed by atoms with Crippen LogP contribution >= 0.6 is 0 Å². The van der Waals surface area contributed by atoms with E-state index in [0.29, 0.717) is 36.5 Å². The molecule has 26 nitrogen and oxygen atoms in total. The van der Waals surface area contributed by atoms with E-state index >= 15 is 0 Å². The van der Waals surface area contributed by atoms with Crippen LogP contribution in [0.2, 0.25) is 0 Å². The first-order valence-corrected chi connectivity index (χ1v) is 23.0. The van der Waals surface area contributed by atoms with Crippen molar-refractivity contribution in [1.29, 1.82) is 0 Å². The van der Waals surface area contributed by atoms with Gasteiger partial charge in [-0.3, -0.25) is 26.8 Å². The van der Waals surface area contributed by atoms with Crippen molar-refractivity contribution in [3.63, 3.8) is 0 Å². The lowest BCUT2D eigenvalue weighted by Crippen LogP contribution is -2.78. The zero-order valence-electron chi connectivity index (χ0n) is 43.8. The molecule has 1 heterocycles. The van der Waals surface area contributed by atoms with E-state index in [1.165, 1.54) is 19.3 Å². The Bertz CT molecular complexity index is 1220. The summed E-state index contributed by atoms with van der Waals surface area (Å²) >= 11 is 0. The van der Waals surface area contributed by atoms with E-state index in [4.69, 9.17) is 68.5 Å². The van der Waals surface area contributed by atoms with Gasteiger partial charge in [0.1, 0.15) is 24.4 Å². The summed E-state index contributed by atoms with van der Waals surface area (Å²) in [4.78, 5) is 39.0. The molecular formula is C42H106N14O12+6. The van der Waals surface area contributed by atoms with Crippen LogP contribution in [0.25, 0.3) is 0 Å². The maximum Gasteiger partial charge on any atom is 0.373 e. The molecule has 1 aliphatic rings. The van der Waals surface area contributed by atoms with Gasteiger partial charge in [0.05, 0.1) is 58.1 Å². The molecule has 33 N–H and O–H groups in total. The third-order valence-corrected chi connectivity index (χ3v) is 8.59. The van der Waals surface area contributed by atoms with Gasteiger partial charge in [0.25, 0.3) is 5.96 Å². The van der Waals surface area contributed by atoms with Gasteiger partial charge in [-0.25, -0.2) is 10.3 Å². The van der Waals surface area contributed by atoms with Gasteiger partial charge < -0.3 is 80.6 Å². The summed E-state index contributed by atoms with van der Waals surface area (Å²) in [6, 6.07) is 1.07. The monoisotopic (exact) mass is 999 g/mol. The molecule has 0 aromatic carbocycles. The minimum atomic E-state index is -1.24. The zero-order chi connectivity index (χ0) is 55.5. The van der Waals surface area contributed by atoms with Gasteiger partial charge in [-0.1, -0.05) is 40.5 Å². The number of quaternary nitrogens is 4. The molecule has 68 heavy (non-hydrogen) atoms. The third-order valence-electron chi connectivity index (χ3n) is 8.59. The molecule has 1 aliphatic heterocycles. The van der Waals surface area contributed by atoms with Crippen molar-refractivity contribution >= 4 is 30.2 Å². The molecule has 0 spiro atoms. The van der Waals surface area contributed by atoms with E-state index in [9.17, 15) is 25.5 Å². The van der Waals surface area contributed by atoms with E-state index in [1.54, 1.807) is 11.6 Å². The lowest BCUT2D eigenvalue weighted by molar-refractivity contribution is -0.497. The fourth-order valence-electron chi connectivity index (χ4n) is 4.02. The third kappa shape index (κ3) is 66.5. The van der Waals surface area contributed by atoms with Gasteiger partial charge >= 0.3 is 24.2 Å². The van der Waals surface area contributed by atoms with Gasteiger partial charge in [0.2, 0.25) is 6.29 Å². The molecule has 12 atom stereocenters. The Morgan fingerprint density at radius 2 is 1.22 bits per heavy atom. The first-order valence-electron chi connectivity index (χ1n) is 23.0. The van der Waals surface area contributed by atoms with Gasteiger partial charge in [0.15, 0.2) is 6.04 Å². The summed E-state index contributed by atoms with van der Waals surface area (Å²) in [5.41, 5.74) is 46.7. The molecule has 0 aliphatic carbocycles. The Morgan fingerprint density at radius 1 is 0.794 bits per heavy atom. The highest BCUT2D eigenvalue weighted by Crippen LogP contribution is 2.17. The standard InChI is InChI=1S/C10H22O3.C6H16N4.C6H16N2.C6H13NO5.C5H13N5.C4H11N.C3H9N.2CO2/c1-4-6-8(11)10(13)9(12)7(3)5-2;1-5(7)3-2-4-10-6(8)9;1-6(8)4-2-3-5-7;7-3-5(10)4(9)2(1-8)12-6(3)11;1-8-4(6)9-5(7)10(2)3;1-3-4(2)5;1-3(2)4;2*2-1-3/h7-13H,4-6H2,1-3H3;5H,2-4,7H2,1H3,(H4,8,9,10);6H,2-5,7-8H2,1H3;2-6,8-11H,1,7H2;1-3H3,(H4,6,7,8,9);4H,3,5H2,1-2H3;3H,4H2,1-2H3;;/p+6/t7-,8+,9-,10-;;;;;;;;/m1......../s1. The van der Waals surface area contributed by atoms with Crippen LogP contribution in [0.3, 0.4) is 0 Å². The Balaban J connectivity index is -0.000000103. The van der Waals surface area contributed by atoms with Crippen molar-refractivity contribution in [2.45, 2.75) is 193 Å². The summed E-state index contributed by atoms with van der Waals surface area (Å²) < 4.78 is 6.47. The Hall–Kier alpha value is -3.79. The molecular weight excluding hydrogens is 893 g/mol. The van der Waals surface area contributed by atoms with Crippen molar-refractivity contribution < 1.29 is 92.2 Å². The topological polar surface area (TPSA) is 527 Å². The molecule has 0 aromatic heterocycles. The van der Waals surface area contributed by atoms with Crippen LogP contribution in [-0.2, 0) is 23.9 Å². The molecule has 26 heteroatoms. The number of carbonyl (C=O) groups excluding carboxylic acids is 4. The number of aliphatic imine (C=N–C) groups is 1. The van der Waals surface area contributed by atoms with Crippen LogP contribution in [0, 0.1) is 5.92 Å². The second kappa shape index (κ2) is 57.5. The largest absolute Gasteiger partial charge is 0.394 e. The van der Waals surface area contributed by atoms with E-state index in [0.717, 1.165) is 45.2 Å². The molecule has 410 valence electrons. The molecule has 1 rings (SSSR count). The fraction of sp³-hybridized carbons (Fsp3) is 0.881. The van der Waals surface area contributed by atoms with Crippen LogP contribution in [0.4, 0.5) is 0 Å².